The Kier molecular flexibility index (Phi) is 3.21. The molecule has 7 nitrogen and oxygen atoms in total. The predicted octanol–water partition coefficient (Wildman–Crippen LogP) is 1.55. The van der Waals surface area contributed by atoms with Crippen LogP contribution < -0.4 is 10.9 Å². The number of hydrogen-bond acceptors (Lipinski definition) is 7. The lowest BCUT2D eigenvalue weighted by molar-refractivity contribution is 0.556. The number of fused-ring (bicyclic) bond motifs is 1. The molecular formula is C12H12BrN7S. The highest BCUT2D eigenvalue weighted by Crippen LogP contribution is 2.32. The highest BCUT2D eigenvalue weighted by atomic mass is 79.9. The van der Waals surface area contributed by atoms with Crippen LogP contribution >= 0.6 is 27.3 Å². The highest BCUT2D eigenvalue weighted by Gasteiger charge is 2.34. The smallest absolute Gasteiger partial charge is 0.235 e. The van der Waals surface area contributed by atoms with Crippen LogP contribution in [0.5, 0.6) is 0 Å². The van der Waals surface area contributed by atoms with Gasteiger partial charge in [0.1, 0.15) is 5.01 Å². The summed E-state index contributed by atoms with van der Waals surface area (Å²) < 4.78 is 1.79. The number of nitrogens with zero attached hydrogens (tertiary/aromatic N) is 5. The molecule has 0 bridgehead atoms. The van der Waals surface area contributed by atoms with Crippen LogP contribution in [-0.2, 0) is 0 Å². The minimum absolute atomic E-state index is 0.122. The molecule has 4 heterocycles. The molecule has 0 radical (unpaired) electrons. The van der Waals surface area contributed by atoms with Crippen LogP contribution in [0.25, 0.3) is 16.3 Å². The van der Waals surface area contributed by atoms with Crippen molar-refractivity contribution in [3.05, 3.63) is 29.5 Å². The van der Waals surface area contributed by atoms with Crippen molar-refractivity contribution in [3.8, 4) is 11.4 Å². The summed E-state index contributed by atoms with van der Waals surface area (Å²) in [5, 5.41) is 14.1. The van der Waals surface area contributed by atoms with Crippen LogP contribution in [0.3, 0.4) is 0 Å². The van der Waals surface area contributed by atoms with Gasteiger partial charge in [-0.2, -0.15) is 9.61 Å². The van der Waals surface area contributed by atoms with Crippen molar-refractivity contribution in [2.45, 2.75) is 23.8 Å². The molecule has 0 spiro atoms. The average Bonchev–Trinajstić information content (AvgIpc) is 3.15. The van der Waals surface area contributed by atoms with Gasteiger partial charge in [-0.3, -0.25) is 10.4 Å². The lowest BCUT2D eigenvalue weighted by Crippen LogP contribution is -2.29. The molecule has 0 aliphatic carbocycles. The van der Waals surface area contributed by atoms with E-state index in [0.29, 0.717) is 6.04 Å². The minimum atomic E-state index is 0.122. The Hall–Kier alpha value is -1.42. The number of pyridine rings is 1. The normalized spacial score (nSPS) is 25.7. The topological polar surface area (TPSA) is 80.0 Å². The fraction of sp³-hybridized carbons (Fsp3) is 0.333. The van der Waals surface area contributed by atoms with Crippen molar-refractivity contribution < 1.29 is 0 Å². The van der Waals surface area contributed by atoms with E-state index in [0.717, 1.165) is 21.4 Å². The molecule has 0 saturated carbocycles. The van der Waals surface area contributed by atoms with Crippen LogP contribution in [0.4, 0.5) is 0 Å². The summed E-state index contributed by atoms with van der Waals surface area (Å²) >= 11 is 5.25. The highest BCUT2D eigenvalue weighted by molar-refractivity contribution is 9.09. The van der Waals surface area contributed by atoms with Crippen molar-refractivity contribution in [2.24, 2.45) is 0 Å². The summed E-state index contributed by atoms with van der Waals surface area (Å²) in [6, 6.07) is 4.27. The first kappa shape index (κ1) is 13.3. The second kappa shape index (κ2) is 5.09. The number of rotatable bonds is 2. The second-order valence-corrected chi connectivity index (χ2v) is 6.94. The average molecular weight is 366 g/mol. The Morgan fingerprint density at radius 1 is 1.24 bits per heavy atom. The Morgan fingerprint density at radius 2 is 2.05 bits per heavy atom. The molecule has 108 valence electrons. The molecule has 3 aromatic rings. The summed E-state index contributed by atoms with van der Waals surface area (Å²) in [5.41, 5.74) is 7.43. The predicted molar refractivity (Wildman–Crippen MR) is 83.1 cm³/mol. The van der Waals surface area contributed by atoms with E-state index in [-0.39, 0.29) is 10.9 Å². The quantitative estimate of drug-likeness (QED) is 0.670. The van der Waals surface area contributed by atoms with E-state index >= 15 is 0 Å². The van der Waals surface area contributed by atoms with E-state index in [9.17, 15) is 0 Å². The van der Waals surface area contributed by atoms with Gasteiger partial charge in [-0.25, -0.2) is 5.43 Å². The molecule has 4 rings (SSSR count). The first-order valence-corrected chi connectivity index (χ1v) is 8.25. The SMILES string of the molecule is CC1NNC(c2nn3c(-c4ccncc4)nnc3s2)C1Br. The van der Waals surface area contributed by atoms with Gasteiger partial charge in [0, 0.05) is 24.0 Å². The number of halogens is 1. The third kappa shape index (κ3) is 2.16. The lowest BCUT2D eigenvalue weighted by Gasteiger charge is -2.10. The molecule has 3 unspecified atom stereocenters. The maximum Gasteiger partial charge on any atom is 0.235 e. The Labute approximate surface area is 132 Å². The van der Waals surface area contributed by atoms with E-state index in [1.165, 1.54) is 0 Å². The Morgan fingerprint density at radius 3 is 2.76 bits per heavy atom. The van der Waals surface area contributed by atoms with Gasteiger partial charge < -0.3 is 0 Å². The first-order valence-electron chi connectivity index (χ1n) is 6.51. The number of alkyl halides is 1. The first-order chi connectivity index (χ1) is 10.2. The third-order valence-electron chi connectivity index (χ3n) is 3.47. The molecule has 1 aliphatic rings. The van der Waals surface area contributed by atoms with Crippen molar-refractivity contribution in [1.29, 1.82) is 0 Å². The van der Waals surface area contributed by atoms with Crippen molar-refractivity contribution in [3.63, 3.8) is 0 Å². The van der Waals surface area contributed by atoms with Gasteiger partial charge in [-0.1, -0.05) is 27.3 Å². The van der Waals surface area contributed by atoms with Crippen LogP contribution in [0, 0.1) is 0 Å². The van der Waals surface area contributed by atoms with E-state index in [1.807, 2.05) is 12.1 Å². The van der Waals surface area contributed by atoms with E-state index in [2.05, 4.69) is 54.0 Å². The van der Waals surface area contributed by atoms with Gasteiger partial charge in [-0.05, 0) is 19.1 Å². The lowest BCUT2D eigenvalue weighted by atomic mass is 10.2. The van der Waals surface area contributed by atoms with E-state index in [1.54, 1.807) is 28.2 Å². The molecule has 3 atom stereocenters. The molecule has 0 amide bonds. The fourth-order valence-electron chi connectivity index (χ4n) is 2.31. The number of aromatic nitrogens is 5. The Bertz CT molecular complexity index is 770. The van der Waals surface area contributed by atoms with E-state index < -0.39 is 0 Å². The molecule has 1 aliphatic heterocycles. The van der Waals surface area contributed by atoms with E-state index in [4.69, 9.17) is 0 Å². The van der Waals surface area contributed by atoms with Gasteiger partial charge in [0.15, 0.2) is 5.82 Å². The summed E-state index contributed by atoms with van der Waals surface area (Å²) in [7, 11) is 0. The summed E-state index contributed by atoms with van der Waals surface area (Å²) in [4.78, 5) is 5.09. The molecule has 2 N–H and O–H groups in total. The maximum atomic E-state index is 4.67. The van der Waals surface area contributed by atoms with Crippen molar-refractivity contribution in [1.82, 2.24) is 35.6 Å². The van der Waals surface area contributed by atoms with Crippen molar-refractivity contribution in [2.75, 3.05) is 0 Å². The second-order valence-electron chi connectivity index (χ2n) is 4.89. The number of nitrogens with one attached hydrogen (secondary N) is 2. The third-order valence-corrected chi connectivity index (χ3v) is 5.78. The van der Waals surface area contributed by atoms with Crippen LogP contribution in [0.15, 0.2) is 24.5 Å². The molecule has 9 heteroatoms. The van der Waals surface area contributed by atoms with Crippen LogP contribution in [0.2, 0.25) is 0 Å². The maximum absolute atomic E-state index is 4.67. The van der Waals surface area contributed by atoms with Gasteiger partial charge in [-0.15, -0.1) is 10.2 Å². The fourth-order valence-corrected chi connectivity index (χ4v) is 3.93. The van der Waals surface area contributed by atoms with Gasteiger partial charge in [0.05, 0.1) is 10.9 Å². The van der Waals surface area contributed by atoms with Gasteiger partial charge >= 0.3 is 0 Å². The zero-order chi connectivity index (χ0) is 14.4. The van der Waals surface area contributed by atoms with Crippen LogP contribution in [-0.4, -0.2) is 35.7 Å². The molecule has 1 saturated heterocycles. The van der Waals surface area contributed by atoms with Gasteiger partial charge in [0.25, 0.3) is 0 Å². The number of hydrogen-bond donors (Lipinski definition) is 2. The zero-order valence-electron chi connectivity index (χ0n) is 11.1. The molecule has 0 aromatic carbocycles. The summed E-state index contributed by atoms with van der Waals surface area (Å²) in [6.45, 7) is 2.12. The van der Waals surface area contributed by atoms with Crippen molar-refractivity contribution >= 4 is 32.2 Å². The summed E-state index contributed by atoms with van der Waals surface area (Å²) in [6.07, 6.45) is 3.48. The molecular weight excluding hydrogens is 354 g/mol. The monoisotopic (exact) mass is 365 g/mol. The van der Waals surface area contributed by atoms with Gasteiger partial charge in [0.2, 0.25) is 4.96 Å². The minimum Gasteiger partial charge on any atom is -0.265 e. The standard InChI is InChI=1S/C12H12BrN7S/c1-6-8(13)9(16-15-6)11-19-20-10(17-18-12(20)21-11)7-2-4-14-5-3-7/h2-6,8-9,15-16H,1H3. The molecule has 1 fully saturated rings. The Balaban J connectivity index is 1.76. The summed E-state index contributed by atoms with van der Waals surface area (Å²) in [5.74, 6) is 0.736. The van der Waals surface area contributed by atoms with Crippen LogP contribution in [0.1, 0.15) is 18.0 Å². The molecule has 3 aromatic heterocycles. The number of hydrazine groups is 1. The largest absolute Gasteiger partial charge is 0.265 e. The molecule has 21 heavy (non-hydrogen) atoms. The zero-order valence-corrected chi connectivity index (χ0v) is 13.5.